The second kappa shape index (κ2) is 9.03. The number of primary amides is 1. The third kappa shape index (κ3) is 4.50. The molecule has 2 aromatic carbocycles. The molecule has 3 N–H and O–H groups in total. The van der Waals surface area contributed by atoms with E-state index in [4.69, 9.17) is 15.5 Å². The average molecular weight is 409 g/mol. The maximum Gasteiger partial charge on any atom is 0.250 e. The first kappa shape index (κ1) is 20.0. The van der Waals surface area contributed by atoms with Gasteiger partial charge in [-0.15, -0.1) is 0 Å². The number of methoxy groups -OCH3 is 1. The molecule has 0 bridgehead atoms. The second-order valence-corrected chi connectivity index (χ2v) is 6.64. The molecule has 31 heavy (non-hydrogen) atoms. The van der Waals surface area contributed by atoms with Gasteiger partial charge in [0.25, 0.3) is 5.91 Å². The summed E-state index contributed by atoms with van der Waals surface area (Å²) in [5.74, 6) is 6.53. The Balaban J connectivity index is 1.88. The number of ether oxygens (including phenoxy) is 1. The van der Waals surface area contributed by atoms with Gasteiger partial charge in [0.2, 0.25) is 0 Å². The van der Waals surface area contributed by atoms with Crippen LogP contribution in [0.3, 0.4) is 0 Å². The Hall–Kier alpha value is -4.28. The van der Waals surface area contributed by atoms with Crippen molar-refractivity contribution in [3.8, 4) is 23.2 Å². The predicted octanol–water partition coefficient (Wildman–Crippen LogP) is 3.53. The van der Waals surface area contributed by atoms with Crippen LogP contribution in [-0.2, 0) is 4.74 Å². The highest BCUT2D eigenvalue weighted by atomic mass is 16.5. The highest BCUT2D eigenvalue weighted by Crippen LogP contribution is 2.29. The number of nitrogens with one attached hydrogen (secondary N) is 1. The number of fused-ring (bicyclic) bond motifs is 1. The van der Waals surface area contributed by atoms with Gasteiger partial charge in [-0.1, -0.05) is 24.0 Å². The summed E-state index contributed by atoms with van der Waals surface area (Å²) in [7, 11) is 1.60. The Bertz CT molecular complexity index is 1310. The van der Waals surface area contributed by atoms with Crippen LogP contribution in [0.25, 0.3) is 22.3 Å². The summed E-state index contributed by atoms with van der Waals surface area (Å²) in [5, 5.41) is 4.02. The zero-order valence-corrected chi connectivity index (χ0v) is 16.8. The molecule has 0 fully saturated rings. The third-order valence-corrected chi connectivity index (χ3v) is 4.51. The smallest absolute Gasteiger partial charge is 0.250 e. The lowest BCUT2D eigenvalue weighted by molar-refractivity contribution is 0.100. The Kier molecular flexibility index (Phi) is 5.83. The molecule has 0 radical (unpaired) electrons. The van der Waals surface area contributed by atoms with Crippen molar-refractivity contribution in [1.29, 1.82) is 0 Å². The van der Waals surface area contributed by atoms with Crippen LogP contribution in [-0.4, -0.2) is 34.6 Å². The maximum absolute atomic E-state index is 11.9. The van der Waals surface area contributed by atoms with Crippen molar-refractivity contribution in [3.63, 3.8) is 0 Å². The normalized spacial score (nSPS) is 10.4. The number of hydrogen-bond donors (Lipinski definition) is 2. The molecule has 0 aliphatic rings. The van der Waals surface area contributed by atoms with Crippen molar-refractivity contribution < 1.29 is 9.53 Å². The van der Waals surface area contributed by atoms with Gasteiger partial charge in [-0.05, 0) is 42.5 Å². The average Bonchev–Trinajstić information content (AvgIpc) is 2.80. The van der Waals surface area contributed by atoms with Gasteiger partial charge in [-0.2, -0.15) is 0 Å². The van der Waals surface area contributed by atoms with E-state index in [2.05, 4.69) is 27.1 Å². The summed E-state index contributed by atoms with van der Waals surface area (Å²) < 4.78 is 4.99. The summed E-state index contributed by atoms with van der Waals surface area (Å²) in [6.45, 7) is 0.339. The first-order chi connectivity index (χ1) is 15.2. The highest BCUT2D eigenvalue weighted by Gasteiger charge is 2.13. The van der Waals surface area contributed by atoms with E-state index in [0.29, 0.717) is 29.5 Å². The first-order valence-electron chi connectivity index (χ1n) is 9.51. The number of amides is 1. The fraction of sp³-hybridized carbons (Fsp3) is 0.0833. The zero-order chi connectivity index (χ0) is 21.6. The fourth-order valence-corrected chi connectivity index (χ4v) is 3.07. The molecular weight excluding hydrogens is 390 g/mol. The number of nitrogens with zero attached hydrogens (tertiary/aromatic N) is 3. The quantitative estimate of drug-likeness (QED) is 0.489. The van der Waals surface area contributed by atoms with Gasteiger partial charge in [0.15, 0.2) is 5.82 Å². The Labute approximate surface area is 179 Å². The monoisotopic (exact) mass is 409 g/mol. The summed E-state index contributed by atoms with van der Waals surface area (Å²) in [6, 6.07) is 16.4. The van der Waals surface area contributed by atoms with E-state index in [1.807, 2.05) is 36.4 Å². The molecule has 0 atom stereocenters. The summed E-state index contributed by atoms with van der Waals surface area (Å²) >= 11 is 0. The van der Waals surface area contributed by atoms with Crippen molar-refractivity contribution in [3.05, 3.63) is 78.1 Å². The SMILES string of the molecule is COCC#Cc1ccc2nc(-c3cccnc3)nc(Nc3ccccc3C(N)=O)c2c1. The number of nitrogens with two attached hydrogens (primary N) is 1. The molecular formula is C24H19N5O2. The lowest BCUT2D eigenvalue weighted by Crippen LogP contribution is -2.13. The number of carbonyl (C=O) groups excluding carboxylic acids is 1. The van der Waals surface area contributed by atoms with Gasteiger partial charge in [0.1, 0.15) is 12.4 Å². The lowest BCUT2D eigenvalue weighted by atomic mass is 10.1. The molecule has 0 unspecified atom stereocenters. The number of benzene rings is 2. The Morgan fingerprint density at radius 1 is 1.13 bits per heavy atom. The highest BCUT2D eigenvalue weighted by molar-refractivity contribution is 6.01. The minimum absolute atomic E-state index is 0.339. The minimum atomic E-state index is -0.528. The van der Waals surface area contributed by atoms with Gasteiger partial charge >= 0.3 is 0 Å². The van der Waals surface area contributed by atoms with Crippen LogP contribution in [0.2, 0.25) is 0 Å². The van der Waals surface area contributed by atoms with Crippen LogP contribution in [0.5, 0.6) is 0 Å². The largest absolute Gasteiger partial charge is 0.372 e. The van der Waals surface area contributed by atoms with E-state index in [1.54, 1.807) is 37.7 Å². The lowest BCUT2D eigenvalue weighted by Gasteiger charge is -2.13. The Morgan fingerprint density at radius 3 is 2.77 bits per heavy atom. The third-order valence-electron chi connectivity index (χ3n) is 4.51. The molecule has 0 spiro atoms. The van der Waals surface area contributed by atoms with Crippen molar-refractivity contribution in [1.82, 2.24) is 15.0 Å². The van der Waals surface area contributed by atoms with Crippen LogP contribution in [0.1, 0.15) is 15.9 Å². The number of aromatic nitrogens is 3. The van der Waals surface area contributed by atoms with Crippen molar-refractivity contribution >= 4 is 28.3 Å². The number of rotatable bonds is 5. The summed E-state index contributed by atoms with van der Waals surface area (Å²) in [6.07, 6.45) is 3.39. The molecule has 0 saturated carbocycles. The van der Waals surface area contributed by atoms with Gasteiger partial charge in [-0.3, -0.25) is 9.78 Å². The van der Waals surface area contributed by atoms with E-state index >= 15 is 0 Å². The molecule has 4 aromatic rings. The van der Waals surface area contributed by atoms with Crippen molar-refractivity contribution in [2.45, 2.75) is 0 Å². The number of anilines is 2. The maximum atomic E-state index is 11.9. The molecule has 0 saturated heterocycles. The van der Waals surface area contributed by atoms with E-state index < -0.39 is 5.91 Å². The van der Waals surface area contributed by atoms with Crippen LogP contribution >= 0.6 is 0 Å². The minimum Gasteiger partial charge on any atom is -0.372 e. The Morgan fingerprint density at radius 2 is 2.00 bits per heavy atom. The van der Waals surface area contributed by atoms with E-state index in [1.165, 1.54) is 0 Å². The van der Waals surface area contributed by atoms with Crippen LogP contribution in [0.15, 0.2) is 67.0 Å². The molecule has 7 heteroatoms. The predicted molar refractivity (Wildman–Crippen MR) is 120 cm³/mol. The fourth-order valence-electron chi connectivity index (χ4n) is 3.07. The standard InChI is InChI=1S/C24H19N5O2/c1-31-13-5-6-16-10-11-21-19(14-16)24(28-20-9-3-2-8-18(20)22(25)30)29-23(27-21)17-7-4-12-26-15-17/h2-4,7-12,14-15H,13H2,1H3,(H2,25,30)(H,27,28,29). The topological polar surface area (TPSA) is 103 Å². The number of para-hydroxylation sites is 1. The number of hydrogen-bond acceptors (Lipinski definition) is 6. The second-order valence-electron chi connectivity index (χ2n) is 6.64. The molecule has 1 amide bonds. The van der Waals surface area contributed by atoms with E-state index in [0.717, 1.165) is 22.0 Å². The van der Waals surface area contributed by atoms with Crippen molar-refractivity contribution in [2.75, 3.05) is 19.0 Å². The summed E-state index contributed by atoms with van der Waals surface area (Å²) in [5.41, 5.74) is 8.77. The molecule has 7 nitrogen and oxygen atoms in total. The van der Waals surface area contributed by atoms with Gasteiger partial charge < -0.3 is 15.8 Å². The number of carbonyl (C=O) groups is 1. The van der Waals surface area contributed by atoms with E-state index in [9.17, 15) is 4.79 Å². The van der Waals surface area contributed by atoms with Crippen molar-refractivity contribution in [2.24, 2.45) is 5.73 Å². The summed E-state index contributed by atoms with van der Waals surface area (Å²) in [4.78, 5) is 25.4. The number of pyridine rings is 1. The van der Waals surface area contributed by atoms with Crippen LogP contribution in [0.4, 0.5) is 11.5 Å². The molecule has 2 heterocycles. The van der Waals surface area contributed by atoms with Gasteiger partial charge in [0, 0.05) is 36.0 Å². The first-order valence-corrected chi connectivity index (χ1v) is 9.51. The van der Waals surface area contributed by atoms with Crippen LogP contribution < -0.4 is 11.1 Å². The molecule has 2 aromatic heterocycles. The van der Waals surface area contributed by atoms with Crippen LogP contribution in [0, 0.1) is 11.8 Å². The zero-order valence-electron chi connectivity index (χ0n) is 16.8. The van der Waals surface area contributed by atoms with E-state index in [-0.39, 0.29) is 0 Å². The van der Waals surface area contributed by atoms with Gasteiger partial charge in [-0.25, -0.2) is 9.97 Å². The van der Waals surface area contributed by atoms with Gasteiger partial charge in [0.05, 0.1) is 16.8 Å². The molecule has 152 valence electrons. The molecule has 4 rings (SSSR count). The molecule has 0 aliphatic carbocycles. The molecule has 0 aliphatic heterocycles.